The third-order valence-corrected chi connectivity index (χ3v) is 3.92. The van der Waals surface area contributed by atoms with E-state index >= 15 is 0 Å². The van der Waals surface area contributed by atoms with E-state index in [0.29, 0.717) is 15.6 Å². The van der Waals surface area contributed by atoms with Crippen molar-refractivity contribution in [1.82, 2.24) is 0 Å². The van der Waals surface area contributed by atoms with E-state index in [0.717, 1.165) is 11.3 Å². The second-order valence-electron chi connectivity index (χ2n) is 4.98. The Labute approximate surface area is 139 Å². The number of anilines is 1. The van der Waals surface area contributed by atoms with Crippen LogP contribution in [0.2, 0.25) is 10.0 Å². The van der Waals surface area contributed by atoms with Crippen LogP contribution in [0.3, 0.4) is 0 Å². The van der Waals surface area contributed by atoms with Crippen molar-refractivity contribution in [3.8, 4) is 0 Å². The maximum Gasteiger partial charge on any atom is 0.336 e. The van der Waals surface area contributed by atoms with E-state index in [1.807, 2.05) is 43.3 Å². The minimum absolute atomic E-state index is 0.163. The van der Waals surface area contributed by atoms with Crippen LogP contribution < -0.4 is 4.90 Å². The normalized spacial score (nSPS) is 11.4. The first-order valence-electron chi connectivity index (χ1n) is 6.56. The van der Waals surface area contributed by atoms with Crippen molar-refractivity contribution in [3.63, 3.8) is 0 Å². The molecule has 2 rings (SSSR count). The molecule has 0 aliphatic carbocycles. The molecule has 0 heterocycles. The van der Waals surface area contributed by atoms with Crippen LogP contribution in [0, 0.1) is 0 Å². The van der Waals surface area contributed by atoms with Gasteiger partial charge in [0, 0.05) is 19.8 Å². The number of hydrogen-bond acceptors (Lipinski definition) is 2. The van der Waals surface area contributed by atoms with Crippen molar-refractivity contribution < 1.29 is 9.90 Å². The van der Waals surface area contributed by atoms with Gasteiger partial charge in [-0.3, -0.25) is 0 Å². The smallest absolute Gasteiger partial charge is 0.336 e. The molecule has 0 bridgehead atoms. The molecule has 2 aromatic carbocycles. The Morgan fingerprint density at radius 3 is 2.18 bits per heavy atom. The van der Waals surface area contributed by atoms with E-state index in [9.17, 15) is 9.90 Å². The van der Waals surface area contributed by atoms with E-state index in [2.05, 4.69) is 0 Å². The van der Waals surface area contributed by atoms with Gasteiger partial charge in [-0.25, -0.2) is 4.79 Å². The number of carbonyl (C=O) groups is 1. The van der Waals surface area contributed by atoms with Crippen LogP contribution in [0.5, 0.6) is 0 Å². The minimum atomic E-state index is -1.02. The molecule has 0 unspecified atom stereocenters. The molecule has 0 aromatic heterocycles. The van der Waals surface area contributed by atoms with Gasteiger partial charge in [0.2, 0.25) is 0 Å². The molecule has 0 radical (unpaired) electrons. The number of benzene rings is 2. The van der Waals surface area contributed by atoms with Gasteiger partial charge in [-0.2, -0.15) is 0 Å². The Balaban J connectivity index is 2.42. The van der Waals surface area contributed by atoms with Gasteiger partial charge < -0.3 is 10.0 Å². The molecule has 5 heteroatoms. The zero-order chi connectivity index (χ0) is 16.3. The van der Waals surface area contributed by atoms with Crippen LogP contribution in [-0.4, -0.2) is 25.2 Å². The first-order chi connectivity index (χ1) is 10.4. The van der Waals surface area contributed by atoms with Gasteiger partial charge in [0.25, 0.3) is 0 Å². The number of halogens is 2. The monoisotopic (exact) mass is 335 g/mol. The van der Waals surface area contributed by atoms with Crippen LogP contribution in [0.4, 0.5) is 5.69 Å². The summed E-state index contributed by atoms with van der Waals surface area (Å²) in [5.41, 5.74) is 2.52. The molecule has 22 heavy (non-hydrogen) atoms. The van der Waals surface area contributed by atoms with E-state index in [1.54, 1.807) is 24.3 Å². The quantitative estimate of drug-likeness (QED) is 0.651. The van der Waals surface area contributed by atoms with Crippen LogP contribution in [-0.2, 0) is 4.79 Å². The lowest BCUT2D eigenvalue weighted by Gasteiger charge is -2.12. The van der Waals surface area contributed by atoms with E-state index < -0.39 is 5.97 Å². The number of rotatable bonds is 4. The molecule has 114 valence electrons. The predicted molar refractivity (Wildman–Crippen MR) is 92.7 cm³/mol. The van der Waals surface area contributed by atoms with Crippen molar-refractivity contribution in [1.29, 1.82) is 0 Å². The molecule has 0 saturated carbocycles. The summed E-state index contributed by atoms with van der Waals surface area (Å²) in [4.78, 5) is 13.5. The SMILES string of the molecule is CN(C)c1ccc(/C=C(\C(=O)O)c2ccc(Cl)c(Cl)c2)cc1. The van der Waals surface area contributed by atoms with Crippen LogP contribution in [0.25, 0.3) is 11.6 Å². The fraction of sp³-hybridized carbons (Fsp3) is 0.118. The number of nitrogens with zero attached hydrogens (tertiary/aromatic N) is 1. The van der Waals surface area contributed by atoms with Crippen LogP contribution >= 0.6 is 23.2 Å². The molecule has 0 atom stereocenters. The summed E-state index contributed by atoms with van der Waals surface area (Å²) in [6, 6.07) is 12.4. The largest absolute Gasteiger partial charge is 0.478 e. The fourth-order valence-electron chi connectivity index (χ4n) is 1.97. The van der Waals surface area contributed by atoms with E-state index in [4.69, 9.17) is 23.2 Å². The maximum atomic E-state index is 11.5. The molecule has 0 aliphatic heterocycles. The molecule has 3 nitrogen and oxygen atoms in total. The molecule has 0 saturated heterocycles. The summed E-state index contributed by atoms with van der Waals surface area (Å²) < 4.78 is 0. The number of aliphatic carboxylic acids is 1. The second kappa shape index (κ2) is 6.86. The summed E-state index contributed by atoms with van der Waals surface area (Å²) in [5, 5.41) is 10.2. The molecular weight excluding hydrogens is 321 g/mol. The maximum absolute atomic E-state index is 11.5. The first kappa shape index (κ1) is 16.4. The second-order valence-corrected chi connectivity index (χ2v) is 5.79. The average Bonchev–Trinajstić information content (AvgIpc) is 2.48. The lowest BCUT2D eigenvalue weighted by Crippen LogP contribution is -2.08. The molecular formula is C17H15Cl2NO2. The van der Waals surface area contributed by atoms with E-state index in [-0.39, 0.29) is 5.57 Å². The zero-order valence-electron chi connectivity index (χ0n) is 12.2. The number of carboxylic acids is 1. The Kier molecular flexibility index (Phi) is 5.11. The Bertz CT molecular complexity index is 722. The third kappa shape index (κ3) is 3.81. The van der Waals surface area contributed by atoms with Crippen molar-refractivity contribution in [3.05, 3.63) is 63.6 Å². The summed E-state index contributed by atoms with van der Waals surface area (Å²) in [7, 11) is 3.90. The summed E-state index contributed by atoms with van der Waals surface area (Å²) >= 11 is 11.8. The third-order valence-electron chi connectivity index (χ3n) is 3.18. The molecule has 0 amide bonds. The summed E-state index contributed by atoms with van der Waals surface area (Å²) in [6.07, 6.45) is 1.61. The lowest BCUT2D eigenvalue weighted by atomic mass is 10.0. The topological polar surface area (TPSA) is 40.5 Å². The van der Waals surface area contributed by atoms with Crippen molar-refractivity contribution in [2.45, 2.75) is 0 Å². The Morgan fingerprint density at radius 2 is 1.68 bits per heavy atom. The highest BCUT2D eigenvalue weighted by Crippen LogP contribution is 2.27. The predicted octanol–water partition coefficient (Wildman–Crippen LogP) is 4.68. The zero-order valence-corrected chi connectivity index (χ0v) is 13.7. The van der Waals surface area contributed by atoms with Gasteiger partial charge in [0.15, 0.2) is 0 Å². The highest BCUT2D eigenvalue weighted by Gasteiger charge is 2.12. The van der Waals surface area contributed by atoms with Crippen molar-refractivity contribution >= 4 is 46.5 Å². The molecule has 1 N–H and O–H groups in total. The molecule has 0 spiro atoms. The Hall–Kier alpha value is -1.97. The first-order valence-corrected chi connectivity index (χ1v) is 7.32. The number of carboxylic acid groups (broad SMARTS) is 1. The lowest BCUT2D eigenvalue weighted by molar-refractivity contribution is -0.130. The van der Waals surface area contributed by atoms with Gasteiger partial charge in [-0.1, -0.05) is 41.4 Å². The van der Waals surface area contributed by atoms with Gasteiger partial charge >= 0.3 is 5.97 Å². The van der Waals surface area contributed by atoms with Gasteiger partial charge in [-0.05, 0) is 41.5 Å². The van der Waals surface area contributed by atoms with Crippen LogP contribution in [0.1, 0.15) is 11.1 Å². The van der Waals surface area contributed by atoms with Crippen LogP contribution in [0.15, 0.2) is 42.5 Å². The summed E-state index contributed by atoms with van der Waals surface area (Å²) in [6.45, 7) is 0. The highest BCUT2D eigenvalue weighted by atomic mass is 35.5. The van der Waals surface area contributed by atoms with Crippen molar-refractivity contribution in [2.75, 3.05) is 19.0 Å². The fourth-order valence-corrected chi connectivity index (χ4v) is 2.27. The van der Waals surface area contributed by atoms with E-state index in [1.165, 1.54) is 0 Å². The summed E-state index contributed by atoms with van der Waals surface area (Å²) in [5.74, 6) is -1.02. The van der Waals surface area contributed by atoms with Gasteiger partial charge in [0.05, 0.1) is 15.6 Å². The average molecular weight is 336 g/mol. The van der Waals surface area contributed by atoms with Gasteiger partial charge in [-0.15, -0.1) is 0 Å². The highest BCUT2D eigenvalue weighted by molar-refractivity contribution is 6.42. The van der Waals surface area contributed by atoms with Gasteiger partial charge in [0.1, 0.15) is 0 Å². The number of hydrogen-bond donors (Lipinski definition) is 1. The minimum Gasteiger partial charge on any atom is -0.478 e. The molecule has 0 fully saturated rings. The van der Waals surface area contributed by atoms with Crippen molar-refractivity contribution in [2.24, 2.45) is 0 Å². The Morgan fingerprint density at radius 1 is 1.05 bits per heavy atom. The molecule has 2 aromatic rings. The molecule has 0 aliphatic rings. The standard InChI is InChI=1S/C17H15Cl2NO2/c1-20(2)13-6-3-11(4-7-13)9-14(17(21)22)12-5-8-15(18)16(19)10-12/h3-10H,1-2H3,(H,21,22)/b14-9-.